The highest BCUT2D eigenvalue weighted by Crippen LogP contribution is 2.66. The normalized spacial score (nSPS) is 39.8. The Balaban J connectivity index is 1.84. The summed E-state index contributed by atoms with van der Waals surface area (Å²) in [5.41, 5.74) is 2.59. The van der Waals surface area contributed by atoms with Crippen molar-refractivity contribution >= 4 is 5.78 Å². The van der Waals surface area contributed by atoms with Crippen molar-refractivity contribution in [3.05, 3.63) is 42.0 Å². The van der Waals surface area contributed by atoms with Crippen molar-refractivity contribution in [2.75, 3.05) is 0 Å². The number of benzene rings is 1. The quantitative estimate of drug-likeness (QED) is 0.781. The first-order valence-corrected chi connectivity index (χ1v) is 8.50. The van der Waals surface area contributed by atoms with Crippen LogP contribution in [-0.2, 0) is 11.2 Å². The Morgan fingerprint density at radius 2 is 2.09 bits per heavy atom. The summed E-state index contributed by atoms with van der Waals surface area (Å²) in [5.74, 6) is 1.72. The maximum Gasteiger partial charge on any atom is 0.139 e. The van der Waals surface area contributed by atoms with Gasteiger partial charge in [-0.3, -0.25) is 4.79 Å². The molecule has 116 valence electrons. The number of aromatic hydroxyl groups is 1. The Labute approximate surface area is 132 Å². The third-order valence-corrected chi connectivity index (χ3v) is 7.03. The van der Waals surface area contributed by atoms with Gasteiger partial charge in [0.2, 0.25) is 0 Å². The summed E-state index contributed by atoms with van der Waals surface area (Å²) in [6.07, 6.45) is 8.03. The standard InChI is InChI=1S/C20H24O2/c1-3-20-11-8-13-12-14(21)4-5-15(13)16(20)9-10-19(2)17(20)6-7-18(19)22/h3-5,12,16-17,21H,1,6-11H2,2H3/t16-,17-,19+,20-/m1/s1. The summed E-state index contributed by atoms with van der Waals surface area (Å²) >= 11 is 0. The number of hydrogen-bond acceptors (Lipinski definition) is 2. The molecule has 0 bridgehead atoms. The van der Waals surface area contributed by atoms with E-state index >= 15 is 0 Å². The Morgan fingerprint density at radius 3 is 2.86 bits per heavy atom. The molecule has 0 radical (unpaired) electrons. The topological polar surface area (TPSA) is 37.3 Å². The molecule has 3 aliphatic carbocycles. The molecule has 3 aliphatic rings. The number of rotatable bonds is 1. The first-order chi connectivity index (χ1) is 10.5. The zero-order valence-corrected chi connectivity index (χ0v) is 13.3. The molecular weight excluding hydrogens is 272 g/mol. The van der Waals surface area contributed by atoms with E-state index in [0.717, 1.165) is 38.5 Å². The Kier molecular flexibility index (Phi) is 2.85. The minimum Gasteiger partial charge on any atom is -0.508 e. The molecule has 0 aromatic heterocycles. The minimum atomic E-state index is -0.140. The maximum atomic E-state index is 12.5. The first kappa shape index (κ1) is 14.0. The predicted octanol–water partition coefficient (Wildman–Crippen LogP) is 4.37. The lowest BCUT2D eigenvalue weighted by Crippen LogP contribution is -2.49. The van der Waals surface area contributed by atoms with E-state index in [1.807, 2.05) is 12.1 Å². The van der Waals surface area contributed by atoms with Crippen LogP contribution in [0.25, 0.3) is 0 Å². The van der Waals surface area contributed by atoms with Crippen molar-refractivity contribution in [1.82, 2.24) is 0 Å². The van der Waals surface area contributed by atoms with Gasteiger partial charge >= 0.3 is 0 Å². The SMILES string of the molecule is C=C[C@@]12CCc3cc(O)ccc3[C@H]1CC[C@]1(C)C(=O)CC[C@@H]21. The number of phenols is 1. The molecule has 1 aromatic rings. The lowest BCUT2D eigenvalue weighted by Gasteiger charge is -2.56. The monoisotopic (exact) mass is 296 g/mol. The van der Waals surface area contributed by atoms with E-state index in [0.29, 0.717) is 23.4 Å². The van der Waals surface area contributed by atoms with Crippen molar-refractivity contribution in [2.24, 2.45) is 16.7 Å². The molecule has 22 heavy (non-hydrogen) atoms. The number of ketones is 1. The summed E-state index contributed by atoms with van der Waals surface area (Å²) in [6.45, 7) is 6.40. The summed E-state index contributed by atoms with van der Waals surface area (Å²) < 4.78 is 0. The Bertz CT molecular complexity index is 662. The minimum absolute atomic E-state index is 0.0587. The van der Waals surface area contributed by atoms with Gasteiger partial charge < -0.3 is 5.11 Å². The molecule has 2 saturated carbocycles. The second-order valence-electron chi connectivity index (χ2n) is 7.72. The molecule has 2 nitrogen and oxygen atoms in total. The molecule has 2 heteroatoms. The molecule has 4 rings (SSSR count). The van der Waals surface area contributed by atoms with Gasteiger partial charge in [0, 0.05) is 11.8 Å². The molecule has 4 atom stereocenters. The summed E-state index contributed by atoms with van der Waals surface area (Å²) in [5, 5.41) is 9.77. The van der Waals surface area contributed by atoms with Gasteiger partial charge in [0.25, 0.3) is 0 Å². The summed E-state index contributed by atoms with van der Waals surface area (Å²) in [7, 11) is 0. The number of phenolic OH excluding ortho intramolecular Hbond substituents is 1. The van der Waals surface area contributed by atoms with Gasteiger partial charge in [0.1, 0.15) is 11.5 Å². The van der Waals surface area contributed by atoms with Crippen LogP contribution in [0, 0.1) is 16.7 Å². The number of carbonyl (C=O) groups excluding carboxylic acids is 1. The van der Waals surface area contributed by atoms with Crippen LogP contribution >= 0.6 is 0 Å². The highest BCUT2D eigenvalue weighted by molar-refractivity contribution is 5.87. The largest absolute Gasteiger partial charge is 0.508 e. The van der Waals surface area contributed by atoms with Crippen LogP contribution in [0.4, 0.5) is 0 Å². The highest BCUT2D eigenvalue weighted by Gasteiger charge is 2.60. The van der Waals surface area contributed by atoms with E-state index in [1.165, 1.54) is 11.1 Å². The molecule has 0 amide bonds. The molecule has 1 N–H and O–H groups in total. The van der Waals surface area contributed by atoms with E-state index in [4.69, 9.17) is 0 Å². The third-order valence-electron chi connectivity index (χ3n) is 7.03. The zero-order chi connectivity index (χ0) is 15.5. The number of allylic oxidation sites excluding steroid dienone is 1. The maximum absolute atomic E-state index is 12.5. The summed E-state index contributed by atoms with van der Waals surface area (Å²) in [4.78, 5) is 12.5. The van der Waals surface area contributed by atoms with Crippen LogP contribution in [0.2, 0.25) is 0 Å². The van der Waals surface area contributed by atoms with Crippen molar-refractivity contribution < 1.29 is 9.90 Å². The Morgan fingerprint density at radius 1 is 1.27 bits per heavy atom. The van der Waals surface area contributed by atoms with Crippen molar-refractivity contribution in [3.8, 4) is 5.75 Å². The lowest BCUT2D eigenvalue weighted by molar-refractivity contribution is -0.131. The molecule has 1 aromatic carbocycles. The van der Waals surface area contributed by atoms with Crippen LogP contribution in [-0.4, -0.2) is 10.9 Å². The van der Waals surface area contributed by atoms with Gasteiger partial charge in [-0.25, -0.2) is 0 Å². The number of fused-ring (bicyclic) bond motifs is 5. The molecule has 0 saturated heterocycles. The van der Waals surface area contributed by atoms with Gasteiger partial charge in [-0.05, 0) is 72.6 Å². The fraction of sp³-hybridized carbons (Fsp3) is 0.550. The zero-order valence-electron chi connectivity index (χ0n) is 13.3. The third kappa shape index (κ3) is 1.59. The van der Waals surface area contributed by atoms with Crippen LogP contribution < -0.4 is 0 Å². The predicted molar refractivity (Wildman–Crippen MR) is 86.9 cm³/mol. The molecular formula is C20H24O2. The van der Waals surface area contributed by atoms with Crippen LogP contribution in [0.15, 0.2) is 30.9 Å². The highest BCUT2D eigenvalue weighted by atomic mass is 16.3. The number of Topliss-reactive ketones (excluding diaryl/α,β-unsaturated/α-hetero) is 1. The van der Waals surface area contributed by atoms with E-state index in [2.05, 4.69) is 25.6 Å². The molecule has 0 aliphatic heterocycles. The van der Waals surface area contributed by atoms with E-state index in [1.54, 1.807) is 0 Å². The van der Waals surface area contributed by atoms with Crippen molar-refractivity contribution in [3.63, 3.8) is 0 Å². The van der Waals surface area contributed by atoms with Crippen LogP contribution in [0.5, 0.6) is 5.75 Å². The van der Waals surface area contributed by atoms with Gasteiger partial charge in [0.15, 0.2) is 0 Å². The second kappa shape index (κ2) is 4.47. The van der Waals surface area contributed by atoms with E-state index in [-0.39, 0.29) is 10.8 Å². The molecule has 2 fully saturated rings. The van der Waals surface area contributed by atoms with Gasteiger partial charge in [-0.15, -0.1) is 6.58 Å². The van der Waals surface area contributed by atoms with E-state index in [9.17, 15) is 9.90 Å². The lowest BCUT2D eigenvalue weighted by atomic mass is 9.47. The average Bonchev–Trinajstić information content (AvgIpc) is 2.82. The van der Waals surface area contributed by atoms with Crippen LogP contribution in [0.1, 0.15) is 56.1 Å². The second-order valence-corrected chi connectivity index (χ2v) is 7.72. The molecule has 0 unspecified atom stereocenters. The average molecular weight is 296 g/mol. The smallest absolute Gasteiger partial charge is 0.139 e. The molecule has 0 spiro atoms. The number of carbonyl (C=O) groups is 1. The fourth-order valence-electron chi connectivity index (χ4n) is 5.88. The van der Waals surface area contributed by atoms with Crippen molar-refractivity contribution in [2.45, 2.75) is 51.4 Å². The van der Waals surface area contributed by atoms with Gasteiger partial charge in [0.05, 0.1) is 0 Å². The van der Waals surface area contributed by atoms with Gasteiger partial charge in [-0.2, -0.15) is 0 Å². The number of aryl methyl sites for hydroxylation is 1. The summed E-state index contributed by atoms with van der Waals surface area (Å²) in [6, 6.07) is 5.84. The van der Waals surface area contributed by atoms with E-state index < -0.39 is 0 Å². The first-order valence-electron chi connectivity index (χ1n) is 8.50. The van der Waals surface area contributed by atoms with Gasteiger partial charge in [-0.1, -0.05) is 19.1 Å². The molecule has 0 heterocycles. The van der Waals surface area contributed by atoms with Crippen molar-refractivity contribution in [1.29, 1.82) is 0 Å². The van der Waals surface area contributed by atoms with Crippen LogP contribution in [0.3, 0.4) is 0 Å². The fourth-order valence-corrected chi connectivity index (χ4v) is 5.88. The Hall–Kier alpha value is -1.57. The number of hydrogen-bond donors (Lipinski definition) is 1.